The van der Waals surface area contributed by atoms with Gasteiger partial charge in [0.25, 0.3) is 11.6 Å². The quantitative estimate of drug-likeness (QED) is 0.626. The highest BCUT2D eigenvalue weighted by Gasteiger charge is 2.33. The average Bonchev–Trinajstić information content (AvgIpc) is 2.57. The predicted molar refractivity (Wildman–Crippen MR) is 82.4 cm³/mol. The van der Waals surface area contributed by atoms with E-state index in [0.717, 1.165) is 0 Å². The molecule has 1 saturated heterocycles. The smallest absolute Gasteiger partial charge is 0.269 e. The number of nitrogens with zero attached hydrogens (tertiary/aromatic N) is 4. The summed E-state index contributed by atoms with van der Waals surface area (Å²) in [6.45, 7) is 0.794. The molecule has 3 rings (SSSR count). The highest BCUT2D eigenvalue weighted by molar-refractivity contribution is 5.95. The highest BCUT2D eigenvalue weighted by Crippen LogP contribution is 2.20. The maximum atomic E-state index is 12.2. The van der Waals surface area contributed by atoms with E-state index in [-0.39, 0.29) is 17.7 Å². The molecule has 0 radical (unpaired) electrons. The van der Waals surface area contributed by atoms with Crippen LogP contribution in [-0.2, 0) is 0 Å². The first-order valence-corrected chi connectivity index (χ1v) is 7.13. The molecule has 120 valence electrons. The molecule has 0 spiro atoms. The lowest BCUT2D eigenvalue weighted by Gasteiger charge is -2.38. The van der Waals surface area contributed by atoms with Crippen LogP contribution in [0.1, 0.15) is 15.9 Å². The van der Waals surface area contributed by atoms with Crippen molar-refractivity contribution in [2.75, 3.05) is 13.1 Å². The Labute approximate surface area is 137 Å². The second kappa shape index (κ2) is 6.34. The van der Waals surface area contributed by atoms with Gasteiger partial charge in [0, 0.05) is 30.0 Å². The molecule has 8 nitrogen and oxygen atoms in total. The molecule has 1 amide bonds. The van der Waals surface area contributed by atoms with Crippen molar-refractivity contribution in [1.82, 2.24) is 9.88 Å². The minimum Gasteiger partial charge on any atom is -0.471 e. The van der Waals surface area contributed by atoms with Gasteiger partial charge in [0.1, 0.15) is 6.10 Å². The van der Waals surface area contributed by atoms with Crippen LogP contribution in [0.15, 0.2) is 42.6 Å². The van der Waals surface area contributed by atoms with E-state index < -0.39 is 4.92 Å². The third-order valence-corrected chi connectivity index (χ3v) is 3.61. The van der Waals surface area contributed by atoms with Crippen LogP contribution in [-0.4, -0.2) is 39.9 Å². The predicted octanol–water partition coefficient (Wildman–Crippen LogP) is 1.76. The summed E-state index contributed by atoms with van der Waals surface area (Å²) in [4.78, 5) is 28.0. The Balaban J connectivity index is 1.56. The molecule has 1 aromatic heterocycles. The Morgan fingerprint density at radius 3 is 2.67 bits per heavy atom. The van der Waals surface area contributed by atoms with Crippen molar-refractivity contribution >= 4 is 11.6 Å². The zero-order valence-corrected chi connectivity index (χ0v) is 12.5. The molecule has 1 aliphatic rings. The number of nitro benzene ring substituents is 1. The number of nitro groups is 1. The number of nitriles is 1. The SMILES string of the molecule is N#Cc1ccnc(OC2CN(C(=O)c3ccc([N+](=O)[O-])cc3)C2)c1. The van der Waals surface area contributed by atoms with Crippen LogP contribution in [0.4, 0.5) is 5.69 Å². The number of carbonyl (C=O) groups is 1. The van der Waals surface area contributed by atoms with Gasteiger partial charge in [-0.1, -0.05) is 0 Å². The zero-order valence-electron chi connectivity index (χ0n) is 12.5. The lowest BCUT2D eigenvalue weighted by atomic mass is 10.1. The largest absolute Gasteiger partial charge is 0.471 e. The van der Waals surface area contributed by atoms with E-state index >= 15 is 0 Å². The Kier molecular flexibility index (Phi) is 4.07. The fourth-order valence-electron chi connectivity index (χ4n) is 2.30. The number of likely N-dealkylation sites (tertiary alicyclic amines) is 1. The van der Waals surface area contributed by atoms with Gasteiger partial charge in [-0.05, 0) is 18.2 Å². The van der Waals surface area contributed by atoms with Crippen molar-refractivity contribution in [2.24, 2.45) is 0 Å². The van der Waals surface area contributed by atoms with E-state index in [1.807, 2.05) is 6.07 Å². The Morgan fingerprint density at radius 2 is 2.04 bits per heavy atom. The van der Waals surface area contributed by atoms with E-state index in [0.29, 0.717) is 30.1 Å². The van der Waals surface area contributed by atoms with Gasteiger partial charge in [-0.25, -0.2) is 4.98 Å². The number of benzene rings is 1. The number of amides is 1. The molecule has 0 N–H and O–H groups in total. The second-order valence-corrected chi connectivity index (χ2v) is 5.25. The summed E-state index contributed by atoms with van der Waals surface area (Å²) in [7, 11) is 0. The number of non-ortho nitro benzene ring substituents is 1. The number of pyridine rings is 1. The molecule has 1 aromatic carbocycles. The minimum absolute atomic E-state index is 0.0557. The van der Waals surface area contributed by atoms with Gasteiger partial charge in [0.2, 0.25) is 5.88 Å². The maximum absolute atomic E-state index is 12.2. The van der Waals surface area contributed by atoms with Crippen LogP contribution in [0.25, 0.3) is 0 Å². The van der Waals surface area contributed by atoms with E-state index in [4.69, 9.17) is 10.00 Å². The second-order valence-electron chi connectivity index (χ2n) is 5.25. The average molecular weight is 324 g/mol. The Morgan fingerprint density at radius 1 is 1.33 bits per heavy atom. The molecule has 2 aromatic rings. The number of ether oxygens (including phenoxy) is 1. The van der Waals surface area contributed by atoms with Gasteiger partial charge in [-0.2, -0.15) is 5.26 Å². The van der Waals surface area contributed by atoms with Crippen molar-refractivity contribution < 1.29 is 14.5 Å². The summed E-state index contributed by atoms with van der Waals surface area (Å²) in [5.74, 6) is 0.143. The van der Waals surface area contributed by atoms with Gasteiger partial charge >= 0.3 is 0 Å². The monoisotopic (exact) mass is 324 g/mol. The Hall–Kier alpha value is -3.47. The molecule has 0 saturated carbocycles. The summed E-state index contributed by atoms with van der Waals surface area (Å²) in [5.41, 5.74) is 0.793. The standard InChI is InChI=1S/C16H12N4O4/c17-8-11-5-6-18-15(7-11)24-14-9-19(10-14)16(21)12-1-3-13(4-2-12)20(22)23/h1-7,14H,9-10H2. The topological polar surface area (TPSA) is 109 Å². The summed E-state index contributed by atoms with van der Waals surface area (Å²) in [6.07, 6.45) is 1.31. The number of hydrogen-bond acceptors (Lipinski definition) is 6. The number of hydrogen-bond donors (Lipinski definition) is 0. The molecular formula is C16H12N4O4. The van der Waals surface area contributed by atoms with E-state index in [9.17, 15) is 14.9 Å². The molecule has 0 unspecified atom stereocenters. The Bertz CT molecular complexity index is 823. The first-order valence-electron chi connectivity index (χ1n) is 7.13. The van der Waals surface area contributed by atoms with Crippen molar-refractivity contribution in [3.8, 4) is 11.9 Å². The fraction of sp³-hybridized carbons (Fsp3) is 0.188. The molecular weight excluding hydrogens is 312 g/mol. The van der Waals surface area contributed by atoms with E-state index in [2.05, 4.69) is 4.98 Å². The van der Waals surface area contributed by atoms with Crippen LogP contribution in [0.5, 0.6) is 5.88 Å². The van der Waals surface area contributed by atoms with Crippen molar-refractivity contribution in [2.45, 2.75) is 6.10 Å². The number of carbonyl (C=O) groups excluding carboxylic acids is 1. The van der Waals surface area contributed by atoms with E-state index in [1.54, 1.807) is 17.0 Å². The van der Waals surface area contributed by atoms with E-state index in [1.165, 1.54) is 30.5 Å². The molecule has 8 heteroatoms. The normalized spacial score (nSPS) is 13.7. The van der Waals surface area contributed by atoms with Gasteiger partial charge in [-0.15, -0.1) is 0 Å². The van der Waals surface area contributed by atoms with Gasteiger partial charge in [0.05, 0.1) is 29.6 Å². The van der Waals surface area contributed by atoms with Gasteiger partial charge < -0.3 is 9.64 Å². The van der Waals surface area contributed by atoms with Crippen molar-refractivity contribution in [3.05, 3.63) is 63.8 Å². The first kappa shape index (κ1) is 15.4. The molecule has 1 fully saturated rings. The molecule has 2 heterocycles. The van der Waals surface area contributed by atoms with Crippen LogP contribution in [0.2, 0.25) is 0 Å². The number of aromatic nitrogens is 1. The third-order valence-electron chi connectivity index (χ3n) is 3.61. The molecule has 0 atom stereocenters. The maximum Gasteiger partial charge on any atom is 0.269 e. The molecule has 0 bridgehead atoms. The summed E-state index contributed by atoms with van der Waals surface area (Å²) < 4.78 is 5.61. The van der Waals surface area contributed by atoms with Crippen LogP contribution >= 0.6 is 0 Å². The fourth-order valence-corrected chi connectivity index (χ4v) is 2.30. The van der Waals surface area contributed by atoms with Crippen molar-refractivity contribution in [1.29, 1.82) is 5.26 Å². The lowest BCUT2D eigenvalue weighted by Crippen LogP contribution is -2.56. The van der Waals surface area contributed by atoms with Crippen LogP contribution in [0.3, 0.4) is 0 Å². The summed E-state index contributed by atoms with van der Waals surface area (Å²) in [6, 6.07) is 10.6. The van der Waals surface area contributed by atoms with Gasteiger partial charge in [-0.3, -0.25) is 14.9 Å². The number of rotatable bonds is 4. The minimum atomic E-state index is -0.510. The molecule has 1 aliphatic heterocycles. The third kappa shape index (κ3) is 3.15. The first-order chi connectivity index (χ1) is 11.6. The molecule has 0 aliphatic carbocycles. The molecule has 24 heavy (non-hydrogen) atoms. The van der Waals surface area contributed by atoms with Gasteiger partial charge in [0.15, 0.2) is 0 Å². The van der Waals surface area contributed by atoms with Crippen LogP contribution < -0.4 is 4.74 Å². The van der Waals surface area contributed by atoms with Crippen LogP contribution in [0, 0.1) is 21.4 Å². The lowest BCUT2D eigenvalue weighted by molar-refractivity contribution is -0.384. The zero-order chi connectivity index (χ0) is 17.1. The summed E-state index contributed by atoms with van der Waals surface area (Å²) in [5, 5.41) is 19.4. The van der Waals surface area contributed by atoms with Crippen molar-refractivity contribution in [3.63, 3.8) is 0 Å². The highest BCUT2D eigenvalue weighted by atomic mass is 16.6. The summed E-state index contributed by atoms with van der Waals surface area (Å²) >= 11 is 0.